The molecule has 4 nitrogen and oxygen atoms in total. The third-order valence-electron chi connectivity index (χ3n) is 2.62. The van der Waals surface area contributed by atoms with E-state index >= 15 is 0 Å². The van der Waals surface area contributed by atoms with Crippen molar-refractivity contribution in [1.82, 2.24) is 9.88 Å². The monoisotopic (exact) mass is 286 g/mol. The van der Waals surface area contributed by atoms with Crippen molar-refractivity contribution in [1.29, 1.82) is 0 Å². The lowest BCUT2D eigenvalue weighted by Gasteiger charge is -2.11. The highest BCUT2D eigenvalue weighted by atomic mass is 16.6. The first-order valence-corrected chi connectivity index (χ1v) is 6.98. The summed E-state index contributed by atoms with van der Waals surface area (Å²) in [4.78, 5) is 17.2. The van der Waals surface area contributed by atoms with Crippen LogP contribution in [-0.4, -0.2) is 30.1 Å². The first kappa shape index (κ1) is 16.7. The largest absolute Gasteiger partial charge is 0.414 e. The normalized spacial score (nSPS) is 9.38. The minimum absolute atomic E-state index is 0.394. The van der Waals surface area contributed by atoms with Crippen LogP contribution in [0.25, 0.3) is 11.3 Å². The number of carbonyl (C=O) groups is 1. The van der Waals surface area contributed by atoms with Gasteiger partial charge in [-0.3, -0.25) is 4.98 Å². The highest BCUT2D eigenvalue weighted by Crippen LogP contribution is 2.23. The maximum absolute atomic E-state index is 11.5. The van der Waals surface area contributed by atoms with E-state index in [-0.39, 0.29) is 0 Å². The van der Waals surface area contributed by atoms with Gasteiger partial charge in [-0.2, -0.15) is 0 Å². The highest BCUT2D eigenvalue weighted by Gasteiger charge is 2.08. The highest BCUT2D eigenvalue weighted by molar-refractivity contribution is 5.71. The molecule has 4 heteroatoms. The fraction of sp³-hybridized carbons (Fsp3) is 0.294. The van der Waals surface area contributed by atoms with Crippen LogP contribution in [0.3, 0.4) is 0 Å². The molecule has 0 radical (unpaired) electrons. The number of hydrogen-bond acceptors (Lipinski definition) is 3. The molecule has 0 aliphatic rings. The van der Waals surface area contributed by atoms with Crippen molar-refractivity contribution in [3.05, 3.63) is 48.2 Å². The first-order valence-electron chi connectivity index (χ1n) is 6.98. The molecule has 0 N–H and O–H groups in total. The Kier molecular flexibility index (Phi) is 6.40. The zero-order valence-electron chi connectivity index (χ0n) is 13.3. The minimum Gasteiger partial charge on any atom is -0.410 e. The zero-order valence-corrected chi connectivity index (χ0v) is 13.3. The molecule has 21 heavy (non-hydrogen) atoms. The third kappa shape index (κ3) is 4.91. The summed E-state index contributed by atoms with van der Waals surface area (Å²) in [7, 11) is 3.29. The number of hydrogen-bond donors (Lipinski definition) is 0. The van der Waals surface area contributed by atoms with Crippen LogP contribution in [0, 0.1) is 6.92 Å². The van der Waals surface area contributed by atoms with Crippen molar-refractivity contribution in [2.75, 3.05) is 14.1 Å². The summed E-state index contributed by atoms with van der Waals surface area (Å²) < 4.78 is 5.23. The van der Waals surface area contributed by atoms with Crippen molar-refractivity contribution < 1.29 is 9.53 Å². The maximum Gasteiger partial charge on any atom is 0.414 e. The van der Waals surface area contributed by atoms with Crippen molar-refractivity contribution in [2.45, 2.75) is 20.8 Å². The fourth-order valence-electron chi connectivity index (χ4n) is 1.61. The van der Waals surface area contributed by atoms with Gasteiger partial charge in [0.05, 0.1) is 5.69 Å². The van der Waals surface area contributed by atoms with Gasteiger partial charge in [-0.25, -0.2) is 4.79 Å². The van der Waals surface area contributed by atoms with Crippen LogP contribution >= 0.6 is 0 Å². The summed E-state index contributed by atoms with van der Waals surface area (Å²) >= 11 is 0. The number of benzene rings is 1. The van der Waals surface area contributed by atoms with Crippen LogP contribution in [-0.2, 0) is 0 Å². The maximum atomic E-state index is 11.5. The van der Waals surface area contributed by atoms with Gasteiger partial charge in [0.15, 0.2) is 0 Å². The second-order valence-electron chi connectivity index (χ2n) is 4.51. The van der Waals surface area contributed by atoms with Crippen LogP contribution in [0.2, 0.25) is 0 Å². The molecule has 0 aliphatic carbocycles. The molecule has 0 saturated carbocycles. The molecule has 0 aliphatic heterocycles. The molecular formula is C17H22N2O2. The molecule has 1 heterocycles. The van der Waals surface area contributed by atoms with E-state index in [1.165, 1.54) is 4.90 Å². The van der Waals surface area contributed by atoms with Crippen LogP contribution < -0.4 is 4.74 Å². The Balaban J connectivity index is 0.00000106. The number of aromatic nitrogens is 1. The van der Waals surface area contributed by atoms with Gasteiger partial charge in [0.1, 0.15) is 5.75 Å². The lowest BCUT2D eigenvalue weighted by Crippen LogP contribution is -2.25. The quantitative estimate of drug-likeness (QED) is 0.833. The Morgan fingerprint density at radius 3 is 2.48 bits per heavy atom. The predicted octanol–water partition coefficient (Wildman–Crippen LogP) is 4.14. The Bertz CT molecular complexity index is 595. The van der Waals surface area contributed by atoms with Crippen molar-refractivity contribution in [2.24, 2.45) is 0 Å². The SMILES string of the molecule is CC.Cc1ccnc(-c2cccc(OC(=O)N(C)C)c2)c1. The number of nitrogens with zero attached hydrogens (tertiary/aromatic N) is 2. The van der Waals surface area contributed by atoms with E-state index in [0.29, 0.717) is 5.75 Å². The lowest BCUT2D eigenvalue weighted by molar-refractivity contribution is 0.172. The molecule has 0 bridgehead atoms. The average Bonchev–Trinajstić information content (AvgIpc) is 2.49. The smallest absolute Gasteiger partial charge is 0.410 e. The van der Waals surface area contributed by atoms with E-state index in [4.69, 9.17) is 4.74 Å². The van der Waals surface area contributed by atoms with Gasteiger partial charge in [0, 0.05) is 25.9 Å². The molecule has 0 saturated heterocycles. The summed E-state index contributed by atoms with van der Waals surface area (Å²) in [5.74, 6) is 0.513. The number of carbonyl (C=O) groups excluding carboxylic acids is 1. The van der Waals surface area contributed by atoms with E-state index in [9.17, 15) is 4.79 Å². The van der Waals surface area contributed by atoms with Gasteiger partial charge in [0.2, 0.25) is 0 Å². The van der Waals surface area contributed by atoms with E-state index < -0.39 is 6.09 Å². The van der Waals surface area contributed by atoms with Crippen molar-refractivity contribution in [3.63, 3.8) is 0 Å². The number of rotatable bonds is 2. The molecule has 1 aromatic carbocycles. The van der Waals surface area contributed by atoms with Crippen LogP contribution in [0.1, 0.15) is 19.4 Å². The minimum atomic E-state index is -0.394. The first-order chi connectivity index (χ1) is 10.1. The number of amides is 1. The van der Waals surface area contributed by atoms with Gasteiger partial charge in [-0.05, 0) is 36.8 Å². The van der Waals surface area contributed by atoms with E-state index in [1.54, 1.807) is 26.4 Å². The van der Waals surface area contributed by atoms with Crippen LogP contribution in [0.4, 0.5) is 4.79 Å². The summed E-state index contributed by atoms with van der Waals surface area (Å²) in [5.41, 5.74) is 2.93. The second-order valence-corrected chi connectivity index (χ2v) is 4.51. The van der Waals surface area contributed by atoms with E-state index in [1.807, 2.05) is 51.1 Å². The number of ether oxygens (including phenoxy) is 1. The van der Waals surface area contributed by atoms with Crippen molar-refractivity contribution in [3.8, 4) is 17.0 Å². The Labute approximate surface area is 126 Å². The van der Waals surface area contributed by atoms with E-state index in [0.717, 1.165) is 16.8 Å². The van der Waals surface area contributed by atoms with Gasteiger partial charge in [0.25, 0.3) is 0 Å². The van der Waals surface area contributed by atoms with E-state index in [2.05, 4.69) is 4.98 Å². The molecule has 2 aromatic rings. The number of pyridine rings is 1. The Morgan fingerprint density at radius 2 is 1.86 bits per heavy atom. The Hall–Kier alpha value is -2.36. The predicted molar refractivity (Wildman–Crippen MR) is 85.5 cm³/mol. The van der Waals surface area contributed by atoms with Gasteiger partial charge < -0.3 is 9.64 Å². The zero-order chi connectivity index (χ0) is 15.8. The summed E-state index contributed by atoms with van der Waals surface area (Å²) in [6.45, 7) is 6.01. The van der Waals surface area contributed by atoms with Crippen LogP contribution in [0.15, 0.2) is 42.6 Å². The van der Waals surface area contributed by atoms with Crippen LogP contribution in [0.5, 0.6) is 5.75 Å². The molecule has 2 rings (SSSR count). The second kappa shape index (κ2) is 8.04. The topological polar surface area (TPSA) is 42.4 Å². The fourth-order valence-corrected chi connectivity index (χ4v) is 1.61. The lowest BCUT2D eigenvalue weighted by atomic mass is 10.1. The molecule has 0 spiro atoms. The molecule has 112 valence electrons. The number of aryl methyl sites for hydroxylation is 1. The average molecular weight is 286 g/mol. The molecule has 0 atom stereocenters. The Morgan fingerprint density at radius 1 is 1.14 bits per heavy atom. The van der Waals surface area contributed by atoms with Crippen molar-refractivity contribution >= 4 is 6.09 Å². The summed E-state index contributed by atoms with van der Waals surface area (Å²) in [6, 6.07) is 11.3. The molecule has 0 fully saturated rings. The van der Waals surface area contributed by atoms with Gasteiger partial charge in [-0.1, -0.05) is 26.0 Å². The molecule has 1 amide bonds. The van der Waals surface area contributed by atoms with Gasteiger partial charge >= 0.3 is 6.09 Å². The van der Waals surface area contributed by atoms with Gasteiger partial charge in [-0.15, -0.1) is 0 Å². The molecule has 0 unspecified atom stereocenters. The molecular weight excluding hydrogens is 264 g/mol. The summed E-state index contributed by atoms with van der Waals surface area (Å²) in [6.07, 6.45) is 1.37. The molecule has 1 aromatic heterocycles. The third-order valence-corrected chi connectivity index (χ3v) is 2.62. The summed E-state index contributed by atoms with van der Waals surface area (Å²) in [5, 5.41) is 0. The standard InChI is InChI=1S/C15H16N2O2.C2H6/c1-11-7-8-16-14(9-11)12-5-4-6-13(10-12)19-15(18)17(2)3;1-2/h4-10H,1-3H3;1-2H3.